The van der Waals surface area contributed by atoms with Gasteiger partial charge in [-0.05, 0) is 42.8 Å². The molecule has 0 atom stereocenters. The molecule has 7 heteroatoms. The maximum absolute atomic E-state index is 13.1. The fraction of sp³-hybridized carbons (Fsp3) is 0.167. The first kappa shape index (κ1) is 17.3. The predicted molar refractivity (Wildman–Crippen MR) is 93.4 cm³/mol. The molecule has 0 unspecified atom stereocenters. The van der Waals surface area contributed by atoms with E-state index in [1.807, 2.05) is 6.92 Å². The molecule has 0 aliphatic heterocycles. The van der Waals surface area contributed by atoms with Crippen LogP contribution in [0.1, 0.15) is 12.5 Å². The van der Waals surface area contributed by atoms with Crippen LogP contribution in [-0.4, -0.2) is 11.6 Å². The Morgan fingerprint density at radius 3 is 2.48 bits per heavy atom. The number of benzene rings is 2. The van der Waals surface area contributed by atoms with Gasteiger partial charge in [-0.3, -0.25) is 0 Å². The van der Waals surface area contributed by atoms with E-state index in [9.17, 15) is 13.2 Å². The second-order valence-corrected chi connectivity index (χ2v) is 6.07. The summed E-state index contributed by atoms with van der Waals surface area (Å²) in [5.74, 6) is 0.674. The van der Waals surface area contributed by atoms with Gasteiger partial charge in [-0.2, -0.15) is 13.2 Å². The fourth-order valence-electron chi connectivity index (χ4n) is 2.37. The van der Waals surface area contributed by atoms with Crippen LogP contribution >= 0.6 is 11.3 Å². The smallest absolute Gasteiger partial charge is 0.416 e. The highest BCUT2D eigenvalue weighted by Gasteiger charge is 2.31. The van der Waals surface area contributed by atoms with E-state index in [0.717, 1.165) is 12.1 Å². The van der Waals surface area contributed by atoms with Crippen molar-refractivity contribution in [1.82, 2.24) is 4.98 Å². The van der Waals surface area contributed by atoms with E-state index in [-0.39, 0.29) is 0 Å². The SMILES string of the molecule is CCOc1ccc(-c2cc(C(F)(F)F)ccc2Nc2nccs2)cc1. The standard InChI is InChI=1S/C18H15F3N2OS/c1-2-24-14-6-3-12(4-7-14)15-11-13(18(19,20)21)5-8-16(15)23-17-22-9-10-25-17/h3-11H,2H2,1H3,(H,22,23). The lowest BCUT2D eigenvalue weighted by Crippen LogP contribution is -2.05. The minimum Gasteiger partial charge on any atom is -0.494 e. The number of alkyl halides is 3. The molecule has 0 bridgehead atoms. The number of anilines is 2. The first-order valence-electron chi connectivity index (χ1n) is 7.58. The molecule has 25 heavy (non-hydrogen) atoms. The molecule has 1 heterocycles. The number of thiazole rings is 1. The Hall–Kier alpha value is -2.54. The summed E-state index contributed by atoms with van der Waals surface area (Å²) in [4.78, 5) is 4.12. The summed E-state index contributed by atoms with van der Waals surface area (Å²) in [6.45, 7) is 2.40. The minimum atomic E-state index is -4.40. The number of halogens is 3. The van der Waals surface area contributed by atoms with Gasteiger partial charge in [-0.15, -0.1) is 11.3 Å². The average molecular weight is 364 g/mol. The normalized spacial score (nSPS) is 11.4. The molecule has 1 aromatic heterocycles. The summed E-state index contributed by atoms with van der Waals surface area (Å²) < 4.78 is 44.7. The summed E-state index contributed by atoms with van der Waals surface area (Å²) in [6.07, 6.45) is -2.77. The molecule has 0 fully saturated rings. The van der Waals surface area contributed by atoms with E-state index in [1.165, 1.54) is 17.4 Å². The molecule has 0 aliphatic rings. The van der Waals surface area contributed by atoms with E-state index in [0.29, 0.717) is 34.3 Å². The zero-order valence-electron chi connectivity index (χ0n) is 13.3. The maximum Gasteiger partial charge on any atom is 0.416 e. The third kappa shape index (κ3) is 4.11. The molecule has 0 saturated heterocycles. The van der Waals surface area contributed by atoms with Gasteiger partial charge < -0.3 is 10.1 Å². The second kappa shape index (κ2) is 7.14. The number of rotatable bonds is 5. The fourth-order valence-corrected chi connectivity index (χ4v) is 2.91. The van der Waals surface area contributed by atoms with Gasteiger partial charge in [0.2, 0.25) is 0 Å². The van der Waals surface area contributed by atoms with Crippen LogP contribution in [0.2, 0.25) is 0 Å². The lowest BCUT2D eigenvalue weighted by Gasteiger charge is -2.15. The quantitative estimate of drug-likeness (QED) is 0.605. The molecule has 2 aromatic carbocycles. The molecule has 3 nitrogen and oxygen atoms in total. The van der Waals surface area contributed by atoms with E-state index >= 15 is 0 Å². The molecule has 3 aromatic rings. The molecular formula is C18H15F3N2OS. The molecule has 3 rings (SSSR count). The first-order valence-corrected chi connectivity index (χ1v) is 8.46. The van der Waals surface area contributed by atoms with Crippen LogP contribution in [-0.2, 0) is 6.18 Å². The molecule has 0 radical (unpaired) electrons. The summed E-state index contributed by atoms with van der Waals surface area (Å²) in [7, 11) is 0. The van der Waals surface area contributed by atoms with Gasteiger partial charge in [0.1, 0.15) is 5.75 Å². The van der Waals surface area contributed by atoms with Gasteiger partial charge in [0.05, 0.1) is 12.2 Å². The van der Waals surface area contributed by atoms with Gasteiger partial charge in [-0.1, -0.05) is 12.1 Å². The van der Waals surface area contributed by atoms with Crippen LogP contribution < -0.4 is 10.1 Å². The number of hydrogen-bond acceptors (Lipinski definition) is 4. The largest absolute Gasteiger partial charge is 0.494 e. The van der Waals surface area contributed by atoms with Crippen molar-refractivity contribution < 1.29 is 17.9 Å². The molecule has 1 N–H and O–H groups in total. The van der Waals surface area contributed by atoms with Crippen molar-refractivity contribution in [3.05, 3.63) is 59.6 Å². The number of hydrogen-bond donors (Lipinski definition) is 1. The third-order valence-electron chi connectivity index (χ3n) is 3.50. The molecule has 0 amide bonds. The Labute approximate surface area is 147 Å². The Morgan fingerprint density at radius 1 is 1.12 bits per heavy atom. The van der Waals surface area contributed by atoms with Crippen LogP contribution in [0.15, 0.2) is 54.0 Å². The predicted octanol–water partition coefficient (Wildman–Crippen LogP) is 5.97. The van der Waals surface area contributed by atoms with Crippen molar-refractivity contribution in [2.45, 2.75) is 13.1 Å². The van der Waals surface area contributed by atoms with Crippen molar-refractivity contribution in [1.29, 1.82) is 0 Å². The molecule has 0 spiro atoms. The molecule has 130 valence electrons. The van der Waals surface area contributed by atoms with Crippen molar-refractivity contribution in [3.8, 4) is 16.9 Å². The molecular weight excluding hydrogens is 349 g/mol. The lowest BCUT2D eigenvalue weighted by molar-refractivity contribution is -0.137. The van der Waals surface area contributed by atoms with Crippen LogP contribution in [0.4, 0.5) is 24.0 Å². The van der Waals surface area contributed by atoms with Gasteiger partial charge >= 0.3 is 6.18 Å². The van der Waals surface area contributed by atoms with E-state index in [1.54, 1.807) is 35.8 Å². The summed E-state index contributed by atoms with van der Waals surface area (Å²) in [5.41, 5.74) is 0.981. The van der Waals surface area contributed by atoms with Crippen molar-refractivity contribution in [3.63, 3.8) is 0 Å². The summed E-state index contributed by atoms with van der Waals surface area (Å²) in [6, 6.07) is 10.6. The van der Waals surface area contributed by atoms with Crippen LogP contribution in [0, 0.1) is 0 Å². The summed E-state index contributed by atoms with van der Waals surface area (Å²) >= 11 is 1.38. The van der Waals surface area contributed by atoms with E-state index in [4.69, 9.17) is 4.74 Å². The number of ether oxygens (including phenoxy) is 1. The van der Waals surface area contributed by atoms with Gasteiger partial charge in [-0.25, -0.2) is 4.98 Å². The third-order valence-corrected chi connectivity index (χ3v) is 4.19. The lowest BCUT2D eigenvalue weighted by atomic mass is 10.0. The van der Waals surface area contributed by atoms with Crippen LogP contribution in [0.3, 0.4) is 0 Å². The Bertz CT molecular complexity index is 831. The van der Waals surface area contributed by atoms with Crippen molar-refractivity contribution in [2.75, 3.05) is 11.9 Å². The zero-order valence-corrected chi connectivity index (χ0v) is 14.1. The number of aromatic nitrogens is 1. The van der Waals surface area contributed by atoms with Gasteiger partial charge in [0.25, 0.3) is 0 Å². The minimum absolute atomic E-state index is 0.452. The first-order chi connectivity index (χ1) is 12.0. The number of nitrogens with zero attached hydrogens (tertiary/aromatic N) is 1. The summed E-state index contributed by atoms with van der Waals surface area (Å²) in [5, 5.41) is 5.49. The highest BCUT2D eigenvalue weighted by atomic mass is 32.1. The Kier molecular flexibility index (Phi) is 4.94. The monoisotopic (exact) mass is 364 g/mol. The van der Waals surface area contributed by atoms with Crippen molar-refractivity contribution in [2.24, 2.45) is 0 Å². The molecule has 0 saturated carbocycles. The average Bonchev–Trinajstić information content (AvgIpc) is 3.08. The number of nitrogens with one attached hydrogen (secondary N) is 1. The highest BCUT2D eigenvalue weighted by molar-refractivity contribution is 7.13. The topological polar surface area (TPSA) is 34.1 Å². The van der Waals surface area contributed by atoms with Crippen LogP contribution in [0.5, 0.6) is 5.75 Å². The highest BCUT2D eigenvalue weighted by Crippen LogP contribution is 2.37. The molecule has 0 aliphatic carbocycles. The van der Waals surface area contributed by atoms with Crippen molar-refractivity contribution >= 4 is 22.2 Å². The van der Waals surface area contributed by atoms with Crippen LogP contribution in [0.25, 0.3) is 11.1 Å². The van der Waals surface area contributed by atoms with Gasteiger partial charge in [0.15, 0.2) is 5.13 Å². The van der Waals surface area contributed by atoms with E-state index < -0.39 is 11.7 Å². The Balaban J connectivity index is 2.03. The maximum atomic E-state index is 13.1. The zero-order chi connectivity index (χ0) is 17.9. The Morgan fingerprint density at radius 2 is 1.88 bits per heavy atom. The second-order valence-electron chi connectivity index (χ2n) is 5.18. The van der Waals surface area contributed by atoms with E-state index in [2.05, 4.69) is 10.3 Å². The van der Waals surface area contributed by atoms with Gasteiger partial charge in [0, 0.05) is 22.8 Å².